The van der Waals surface area contributed by atoms with Gasteiger partial charge in [0, 0.05) is 6.08 Å². The standard InChI is InChI=1S/C23H30BrFO2/c24-21-14-13-20(15-22(21)25)19-11-9-18(10-12-19)17-7-5-16(6-8-17)3-1-2-4-23(26)27/h2,4,13-19H,1,3,5-12H2,(H,26,27)/b4-2+. The van der Waals surface area contributed by atoms with Crippen molar-refractivity contribution >= 4 is 21.9 Å². The molecule has 0 heterocycles. The van der Waals surface area contributed by atoms with Gasteiger partial charge in [-0.3, -0.25) is 0 Å². The summed E-state index contributed by atoms with van der Waals surface area (Å²) in [5, 5.41) is 8.64. The summed E-state index contributed by atoms with van der Waals surface area (Å²) in [6.45, 7) is 0. The maximum Gasteiger partial charge on any atom is 0.327 e. The highest BCUT2D eigenvalue weighted by atomic mass is 79.9. The first-order valence-corrected chi connectivity index (χ1v) is 11.2. The molecular weight excluding hydrogens is 407 g/mol. The molecule has 2 nitrogen and oxygen atoms in total. The maximum atomic E-state index is 13.8. The van der Waals surface area contributed by atoms with Crippen molar-refractivity contribution in [2.75, 3.05) is 0 Å². The molecule has 27 heavy (non-hydrogen) atoms. The van der Waals surface area contributed by atoms with E-state index in [-0.39, 0.29) is 5.82 Å². The predicted molar refractivity (Wildman–Crippen MR) is 110 cm³/mol. The van der Waals surface area contributed by atoms with Gasteiger partial charge < -0.3 is 5.11 Å². The second-order valence-electron chi connectivity index (χ2n) is 8.38. The van der Waals surface area contributed by atoms with Gasteiger partial charge in [-0.25, -0.2) is 9.18 Å². The van der Waals surface area contributed by atoms with Crippen molar-refractivity contribution in [2.45, 2.75) is 70.1 Å². The lowest BCUT2D eigenvalue weighted by Crippen LogP contribution is -2.25. The smallest absolute Gasteiger partial charge is 0.327 e. The summed E-state index contributed by atoms with van der Waals surface area (Å²) in [6, 6.07) is 5.62. The second-order valence-corrected chi connectivity index (χ2v) is 9.24. The van der Waals surface area contributed by atoms with Gasteiger partial charge >= 0.3 is 5.97 Å². The molecule has 1 aromatic rings. The molecule has 0 aliphatic heterocycles. The Morgan fingerprint density at radius 3 is 2.30 bits per heavy atom. The zero-order chi connectivity index (χ0) is 19.2. The molecule has 1 N–H and O–H groups in total. The van der Waals surface area contributed by atoms with Crippen LogP contribution in [0.2, 0.25) is 0 Å². The predicted octanol–water partition coefficient (Wildman–Crippen LogP) is 7.09. The van der Waals surface area contributed by atoms with E-state index in [0.29, 0.717) is 10.4 Å². The summed E-state index contributed by atoms with van der Waals surface area (Å²) in [4.78, 5) is 10.5. The molecule has 2 fully saturated rings. The molecule has 2 aliphatic rings. The molecule has 3 rings (SSSR count). The average Bonchev–Trinajstić information content (AvgIpc) is 2.68. The number of hydrogen-bond donors (Lipinski definition) is 1. The molecule has 0 unspecified atom stereocenters. The van der Waals surface area contributed by atoms with Gasteiger partial charge in [-0.2, -0.15) is 0 Å². The van der Waals surface area contributed by atoms with Crippen molar-refractivity contribution in [1.29, 1.82) is 0 Å². The molecule has 0 saturated heterocycles. The number of aliphatic carboxylic acids is 1. The van der Waals surface area contributed by atoms with E-state index < -0.39 is 5.97 Å². The Labute approximate surface area is 170 Å². The number of carboxylic acids is 1. The number of benzene rings is 1. The summed E-state index contributed by atoms with van der Waals surface area (Å²) in [5.74, 6) is 1.99. The molecule has 2 saturated carbocycles. The fourth-order valence-electron chi connectivity index (χ4n) is 5.15. The Morgan fingerprint density at radius 2 is 1.70 bits per heavy atom. The largest absolute Gasteiger partial charge is 0.478 e. The van der Waals surface area contributed by atoms with Crippen LogP contribution in [0, 0.1) is 23.6 Å². The summed E-state index contributed by atoms with van der Waals surface area (Å²) >= 11 is 3.24. The van der Waals surface area contributed by atoms with Crippen molar-refractivity contribution in [3.8, 4) is 0 Å². The first-order valence-electron chi connectivity index (χ1n) is 10.4. The quantitative estimate of drug-likeness (QED) is 0.483. The zero-order valence-electron chi connectivity index (χ0n) is 15.9. The molecule has 148 valence electrons. The van der Waals surface area contributed by atoms with E-state index in [2.05, 4.69) is 22.0 Å². The number of allylic oxidation sites excluding steroid dienone is 1. The minimum Gasteiger partial charge on any atom is -0.478 e. The van der Waals surface area contributed by atoms with Crippen LogP contribution in [-0.2, 0) is 4.79 Å². The van der Waals surface area contributed by atoms with Crippen LogP contribution < -0.4 is 0 Å². The van der Waals surface area contributed by atoms with Crippen molar-refractivity contribution in [2.24, 2.45) is 17.8 Å². The molecular formula is C23H30BrFO2. The highest BCUT2D eigenvalue weighted by Gasteiger charge is 2.31. The molecule has 1 aromatic carbocycles. The third-order valence-corrected chi connectivity index (χ3v) is 7.39. The Kier molecular flexibility index (Phi) is 7.51. The minimum atomic E-state index is -0.847. The number of halogens is 2. The van der Waals surface area contributed by atoms with E-state index in [0.717, 1.165) is 36.2 Å². The monoisotopic (exact) mass is 436 g/mol. The van der Waals surface area contributed by atoms with Crippen molar-refractivity contribution in [3.63, 3.8) is 0 Å². The van der Waals surface area contributed by atoms with E-state index in [1.54, 1.807) is 12.1 Å². The van der Waals surface area contributed by atoms with Crippen LogP contribution in [0.5, 0.6) is 0 Å². The summed E-state index contributed by atoms with van der Waals surface area (Å²) in [5.41, 5.74) is 1.16. The SMILES string of the molecule is O=C(O)/C=C/CCC1CCC(C2CCC(c3ccc(Br)c(F)c3)CC2)CC1. The Morgan fingerprint density at radius 1 is 1.07 bits per heavy atom. The first kappa shape index (κ1) is 20.6. The van der Waals surface area contributed by atoms with E-state index in [9.17, 15) is 9.18 Å². The normalized spacial score (nSPS) is 29.1. The number of hydrogen-bond acceptors (Lipinski definition) is 1. The van der Waals surface area contributed by atoms with E-state index >= 15 is 0 Å². The van der Waals surface area contributed by atoms with Crippen molar-refractivity contribution < 1.29 is 14.3 Å². The second kappa shape index (κ2) is 9.86. The van der Waals surface area contributed by atoms with Crippen LogP contribution in [0.15, 0.2) is 34.8 Å². The molecule has 0 spiro atoms. The Bertz CT molecular complexity index is 656. The van der Waals surface area contributed by atoms with Crippen LogP contribution in [-0.4, -0.2) is 11.1 Å². The zero-order valence-corrected chi connectivity index (χ0v) is 17.5. The highest BCUT2D eigenvalue weighted by Crippen LogP contribution is 2.44. The molecule has 0 amide bonds. The molecule has 0 radical (unpaired) electrons. The lowest BCUT2D eigenvalue weighted by Gasteiger charge is -2.38. The minimum absolute atomic E-state index is 0.147. The van der Waals surface area contributed by atoms with Crippen LogP contribution in [0.25, 0.3) is 0 Å². The number of carboxylic acid groups (broad SMARTS) is 1. The Balaban J connectivity index is 1.40. The lowest BCUT2D eigenvalue weighted by molar-refractivity contribution is -0.131. The lowest BCUT2D eigenvalue weighted by atomic mass is 9.68. The van der Waals surface area contributed by atoms with Gasteiger partial charge in [0.2, 0.25) is 0 Å². The molecule has 0 aromatic heterocycles. The van der Waals surface area contributed by atoms with E-state index in [1.165, 1.54) is 57.4 Å². The fourth-order valence-corrected chi connectivity index (χ4v) is 5.40. The van der Waals surface area contributed by atoms with Gasteiger partial charge in [0.1, 0.15) is 5.82 Å². The topological polar surface area (TPSA) is 37.3 Å². The third kappa shape index (κ3) is 5.91. The van der Waals surface area contributed by atoms with E-state index in [4.69, 9.17) is 5.11 Å². The molecule has 4 heteroatoms. The average molecular weight is 437 g/mol. The number of rotatable bonds is 6. The third-order valence-electron chi connectivity index (χ3n) is 6.75. The molecule has 0 atom stereocenters. The maximum absolute atomic E-state index is 13.8. The van der Waals surface area contributed by atoms with Crippen LogP contribution in [0.1, 0.15) is 75.7 Å². The molecule has 2 aliphatic carbocycles. The summed E-state index contributed by atoms with van der Waals surface area (Å²) in [7, 11) is 0. The fraction of sp³-hybridized carbons (Fsp3) is 0.609. The van der Waals surface area contributed by atoms with Gasteiger partial charge in [0.05, 0.1) is 4.47 Å². The van der Waals surface area contributed by atoms with Gasteiger partial charge in [-0.15, -0.1) is 0 Å². The van der Waals surface area contributed by atoms with Crippen LogP contribution in [0.3, 0.4) is 0 Å². The summed E-state index contributed by atoms with van der Waals surface area (Å²) < 4.78 is 14.4. The molecule has 0 bridgehead atoms. The summed E-state index contributed by atoms with van der Waals surface area (Å²) in [6.07, 6.45) is 15.2. The van der Waals surface area contributed by atoms with Gasteiger partial charge in [0.25, 0.3) is 0 Å². The number of carbonyl (C=O) groups is 1. The van der Waals surface area contributed by atoms with Crippen molar-refractivity contribution in [1.82, 2.24) is 0 Å². The van der Waals surface area contributed by atoms with Gasteiger partial charge in [-0.1, -0.05) is 25.0 Å². The Hall–Kier alpha value is -1.16. The van der Waals surface area contributed by atoms with Crippen molar-refractivity contribution in [3.05, 3.63) is 46.2 Å². The van der Waals surface area contributed by atoms with Gasteiger partial charge in [-0.05, 0) is 109 Å². The highest BCUT2D eigenvalue weighted by molar-refractivity contribution is 9.10. The van der Waals surface area contributed by atoms with E-state index in [1.807, 2.05) is 6.07 Å². The first-order chi connectivity index (χ1) is 13.0. The van der Waals surface area contributed by atoms with Crippen LogP contribution >= 0.6 is 15.9 Å². The van der Waals surface area contributed by atoms with Crippen LogP contribution in [0.4, 0.5) is 4.39 Å². The van der Waals surface area contributed by atoms with Gasteiger partial charge in [0.15, 0.2) is 0 Å².